The van der Waals surface area contributed by atoms with Crippen LogP contribution >= 0.6 is 11.3 Å². The molecule has 0 spiro atoms. The fourth-order valence-electron chi connectivity index (χ4n) is 2.64. The van der Waals surface area contributed by atoms with Gasteiger partial charge in [0, 0.05) is 22.6 Å². The molecule has 0 aliphatic carbocycles. The van der Waals surface area contributed by atoms with Crippen molar-refractivity contribution in [2.24, 2.45) is 0 Å². The second-order valence-electron chi connectivity index (χ2n) is 5.43. The van der Waals surface area contributed by atoms with Crippen molar-refractivity contribution in [3.05, 3.63) is 21.4 Å². The van der Waals surface area contributed by atoms with E-state index in [1.165, 1.54) is 9.75 Å². The molecule has 1 aliphatic rings. The van der Waals surface area contributed by atoms with E-state index in [1.807, 2.05) is 20.8 Å². The zero-order valence-corrected chi connectivity index (χ0v) is 13.5. The van der Waals surface area contributed by atoms with E-state index >= 15 is 0 Å². The number of hydrogen-bond donors (Lipinski definition) is 1. The number of rotatable bonds is 4. The molecule has 1 saturated heterocycles. The van der Waals surface area contributed by atoms with Crippen LogP contribution in [0.15, 0.2) is 6.07 Å². The van der Waals surface area contributed by atoms with Crippen LogP contribution in [0.3, 0.4) is 0 Å². The number of aryl methyl sites for hydroxylation is 2. The van der Waals surface area contributed by atoms with Gasteiger partial charge >= 0.3 is 0 Å². The van der Waals surface area contributed by atoms with E-state index in [0.29, 0.717) is 0 Å². The summed E-state index contributed by atoms with van der Waals surface area (Å²) in [6.07, 6.45) is 0.406. The fraction of sp³-hybridized carbons (Fsp3) is 0.533. The van der Waals surface area contributed by atoms with Gasteiger partial charge in [-0.25, -0.2) is 0 Å². The second-order valence-corrected chi connectivity index (χ2v) is 6.89. The van der Waals surface area contributed by atoms with E-state index in [0.717, 1.165) is 10.5 Å². The lowest BCUT2D eigenvalue weighted by atomic mass is 10.1. The molecule has 2 atom stereocenters. The number of nitrogens with zero attached hydrogens (tertiary/aromatic N) is 1. The van der Waals surface area contributed by atoms with Crippen molar-refractivity contribution in [2.75, 3.05) is 0 Å². The molecule has 21 heavy (non-hydrogen) atoms. The molecule has 2 unspecified atom stereocenters. The maximum absolute atomic E-state index is 12.3. The molecule has 5 nitrogen and oxygen atoms in total. The number of hydrogen-bond acceptors (Lipinski definition) is 4. The third-order valence-electron chi connectivity index (χ3n) is 3.76. The summed E-state index contributed by atoms with van der Waals surface area (Å²) < 4.78 is 0. The highest BCUT2D eigenvalue weighted by Gasteiger charge is 2.36. The first-order chi connectivity index (χ1) is 9.81. The molecule has 1 aromatic rings. The molecule has 0 radical (unpaired) electrons. The number of amides is 3. The minimum absolute atomic E-state index is 0.141. The first-order valence-corrected chi connectivity index (χ1v) is 7.85. The van der Waals surface area contributed by atoms with Gasteiger partial charge < -0.3 is 5.32 Å². The highest BCUT2D eigenvalue weighted by Crippen LogP contribution is 2.26. The summed E-state index contributed by atoms with van der Waals surface area (Å²) in [5.41, 5.74) is 1.08. The summed E-state index contributed by atoms with van der Waals surface area (Å²) in [4.78, 5) is 39.1. The Morgan fingerprint density at radius 3 is 2.29 bits per heavy atom. The maximum atomic E-state index is 12.3. The third kappa shape index (κ3) is 3.15. The van der Waals surface area contributed by atoms with Crippen LogP contribution in [0, 0.1) is 13.8 Å². The molecule has 0 saturated carbocycles. The monoisotopic (exact) mass is 308 g/mol. The van der Waals surface area contributed by atoms with Crippen LogP contribution in [-0.4, -0.2) is 28.7 Å². The second kappa shape index (κ2) is 5.97. The largest absolute Gasteiger partial charge is 0.348 e. The van der Waals surface area contributed by atoms with E-state index < -0.39 is 6.04 Å². The summed E-state index contributed by atoms with van der Waals surface area (Å²) in [6, 6.07) is 1.16. The van der Waals surface area contributed by atoms with Gasteiger partial charge in [0.15, 0.2) is 0 Å². The normalized spacial score (nSPS) is 18.0. The molecule has 0 aromatic carbocycles. The lowest BCUT2D eigenvalue weighted by Gasteiger charge is -2.24. The van der Waals surface area contributed by atoms with E-state index in [-0.39, 0.29) is 36.6 Å². The van der Waals surface area contributed by atoms with Gasteiger partial charge in [0.25, 0.3) is 0 Å². The van der Waals surface area contributed by atoms with Crippen molar-refractivity contribution in [2.45, 2.75) is 52.6 Å². The van der Waals surface area contributed by atoms with E-state index in [4.69, 9.17) is 0 Å². The minimum Gasteiger partial charge on any atom is -0.348 e. The molecule has 2 heterocycles. The van der Waals surface area contributed by atoms with Crippen molar-refractivity contribution in [3.8, 4) is 0 Å². The predicted octanol–water partition coefficient (Wildman–Crippen LogP) is 2.08. The van der Waals surface area contributed by atoms with Crippen LogP contribution in [0.2, 0.25) is 0 Å². The first kappa shape index (κ1) is 15.7. The van der Waals surface area contributed by atoms with Crippen molar-refractivity contribution >= 4 is 29.1 Å². The number of imide groups is 1. The Kier molecular flexibility index (Phi) is 4.46. The van der Waals surface area contributed by atoms with Crippen molar-refractivity contribution in [1.82, 2.24) is 10.2 Å². The molecule has 1 fully saturated rings. The predicted molar refractivity (Wildman–Crippen MR) is 80.9 cm³/mol. The average Bonchev–Trinajstić information content (AvgIpc) is 2.91. The van der Waals surface area contributed by atoms with Crippen molar-refractivity contribution in [1.29, 1.82) is 0 Å². The number of likely N-dealkylation sites (tertiary alicyclic amines) is 1. The summed E-state index contributed by atoms with van der Waals surface area (Å²) in [5, 5.41) is 2.89. The van der Waals surface area contributed by atoms with Gasteiger partial charge in [-0.05, 0) is 39.3 Å². The molecular formula is C15H20N2O3S. The molecule has 114 valence electrons. The summed E-state index contributed by atoms with van der Waals surface area (Å²) in [6.45, 7) is 7.55. The number of carbonyl (C=O) groups is 3. The first-order valence-electron chi connectivity index (χ1n) is 7.03. The van der Waals surface area contributed by atoms with Crippen LogP contribution in [0.25, 0.3) is 0 Å². The molecule has 3 amide bonds. The molecule has 1 aliphatic heterocycles. The molecule has 6 heteroatoms. The number of nitrogens with one attached hydrogen (secondary N) is 1. The van der Waals surface area contributed by atoms with Gasteiger partial charge in [-0.2, -0.15) is 0 Å². The topological polar surface area (TPSA) is 66.5 Å². The summed E-state index contributed by atoms with van der Waals surface area (Å²) in [5.74, 6) is -0.829. The standard InChI is InChI=1S/C15H20N2O3S/c1-8-7-12(11(4)21-8)9(2)16-15(20)10(3)17-13(18)5-6-14(17)19/h7,9-10H,5-6H2,1-4H3,(H,16,20). The maximum Gasteiger partial charge on any atom is 0.243 e. The molecule has 0 bridgehead atoms. The van der Waals surface area contributed by atoms with Gasteiger partial charge in [0.05, 0.1) is 6.04 Å². The fourth-order valence-corrected chi connectivity index (χ4v) is 3.66. The quantitative estimate of drug-likeness (QED) is 0.866. The third-order valence-corrected chi connectivity index (χ3v) is 4.74. The smallest absolute Gasteiger partial charge is 0.243 e. The van der Waals surface area contributed by atoms with E-state index in [9.17, 15) is 14.4 Å². The minimum atomic E-state index is -0.755. The lowest BCUT2D eigenvalue weighted by molar-refractivity contribution is -0.146. The summed E-state index contributed by atoms with van der Waals surface area (Å²) in [7, 11) is 0. The Hall–Kier alpha value is -1.69. The van der Waals surface area contributed by atoms with Crippen LogP contribution < -0.4 is 5.32 Å². The van der Waals surface area contributed by atoms with E-state index in [2.05, 4.69) is 11.4 Å². The Balaban J connectivity index is 2.05. The van der Waals surface area contributed by atoms with Crippen molar-refractivity contribution in [3.63, 3.8) is 0 Å². The Morgan fingerprint density at radius 2 is 1.81 bits per heavy atom. The van der Waals surface area contributed by atoms with Crippen LogP contribution in [0.5, 0.6) is 0 Å². The van der Waals surface area contributed by atoms with Crippen LogP contribution in [0.1, 0.15) is 48.0 Å². The number of carbonyl (C=O) groups excluding carboxylic acids is 3. The Labute approximate surface area is 128 Å². The van der Waals surface area contributed by atoms with Gasteiger partial charge in [-0.15, -0.1) is 11.3 Å². The molecule has 1 N–H and O–H groups in total. The van der Waals surface area contributed by atoms with Crippen LogP contribution in [0.4, 0.5) is 0 Å². The SMILES string of the molecule is Cc1cc(C(C)NC(=O)C(C)N2C(=O)CCC2=O)c(C)s1. The highest BCUT2D eigenvalue weighted by molar-refractivity contribution is 7.12. The molecular weight excluding hydrogens is 288 g/mol. The van der Waals surface area contributed by atoms with Crippen molar-refractivity contribution < 1.29 is 14.4 Å². The molecule has 2 rings (SSSR count). The zero-order valence-electron chi connectivity index (χ0n) is 12.7. The molecule has 1 aromatic heterocycles. The average molecular weight is 308 g/mol. The van der Waals surface area contributed by atoms with Gasteiger partial charge in [-0.3, -0.25) is 19.3 Å². The van der Waals surface area contributed by atoms with Gasteiger partial charge in [-0.1, -0.05) is 0 Å². The van der Waals surface area contributed by atoms with Crippen LogP contribution in [-0.2, 0) is 14.4 Å². The Morgan fingerprint density at radius 1 is 1.24 bits per heavy atom. The Bertz CT molecular complexity index is 578. The highest BCUT2D eigenvalue weighted by atomic mass is 32.1. The van der Waals surface area contributed by atoms with Gasteiger partial charge in [0.2, 0.25) is 17.7 Å². The van der Waals surface area contributed by atoms with E-state index in [1.54, 1.807) is 18.3 Å². The lowest BCUT2D eigenvalue weighted by Crippen LogP contribution is -2.48. The number of thiophene rings is 1. The zero-order chi connectivity index (χ0) is 15.7. The van der Waals surface area contributed by atoms with Gasteiger partial charge in [0.1, 0.15) is 6.04 Å². The summed E-state index contributed by atoms with van der Waals surface area (Å²) >= 11 is 1.69.